The highest BCUT2D eigenvalue weighted by atomic mass is 32.1. The highest BCUT2D eigenvalue weighted by Gasteiger charge is 2.30. The number of hydrogen-bond donors (Lipinski definition) is 1. The third-order valence-electron chi connectivity index (χ3n) is 6.92. The summed E-state index contributed by atoms with van der Waals surface area (Å²) in [6, 6.07) is 28.8. The average molecular weight is 514 g/mol. The quantitative estimate of drug-likeness (QED) is 0.288. The Labute approximate surface area is 222 Å². The summed E-state index contributed by atoms with van der Waals surface area (Å²) in [6.07, 6.45) is 0.889. The number of rotatable bonds is 8. The van der Waals surface area contributed by atoms with Crippen molar-refractivity contribution in [3.8, 4) is 0 Å². The number of nitrogens with zero attached hydrogens (tertiary/aromatic N) is 2. The predicted molar refractivity (Wildman–Crippen MR) is 150 cm³/mol. The molecule has 4 nitrogen and oxygen atoms in total. The van der Waals surface area contributed by atoms with Gasteiger partial charge < -0.3 is 5.32 Å². The van der Waals surface area contributed by atoms with Crippen LogP contribution in [0, 0.1) is 5.82 Å². The Bertz CT molecular complexity index is 1300. The summed E-state index contributed by atoms with van der Waals surface area (Å²) < 4.78 is 13.9. The first-order valence-electron chi connectivity index (χ1n) is 12.9. The number of carbonyl (C=O) groups is 1. The standard InChI is InChI=1S/C31H32FN3OS/c1-2-27-21-28(31(37-27)33-30(36)25-11-7-4-8-12-25)29(24-13-15-26(32)16-14-24)35-19-17-34(18-20-35)22-23-9-5-3-6-10-23/h3-16,21,29H,2,17-20,22H2,1H3,(H,33,36)/t29-/m1/s1. The Hall–Kier alpha value is -3.32. The summed E-state index contributed by atoms with van der Waals surface area (Å²) in [5, 5.41) is 4.06. The minimum absolute atomic E-state index is 0.0675. The lowest BCUT2D eigenvalue weighted by atomic mass is 9.97. The molecule has 0 saturated carbocycles. The van der Waals surface area contributed by atoms with Crippen LogP contribution in [0.5, 0.6) is 0 Å². The number of thiophene rings is 1. The van der Waals surface area contributed by atoms with E-state index in [-0.39, 0.29) is 17.8 Å². The molecule has 37 heavy (non-hydrogen) atoms. The normalized spacial score (nSPS) is 15.4. The molecule has 1 atom stereocenters. The van der Waals surface area contributed by atoms with Crippen LogP contribution in [0.2, 0.25) is 0 Å². The molecule has 0 spiro atoms. The van der Waals surface area contributed by atoms with Crippen LogP contribution in [-0.2, 0) is 13.0 Å². The fourth-order valence-corrected chi connectivity index (χ4v) is 5.98. The second-order valence-electron chi connectivity index (χ2n) is 9.42. The fourth-order valence-electron chi connectivity index (χ4n) is 4.95. The van der Waals surface area contributed by atoms with Gasteiger partial charge in [0.1, 0.15) is 10.8 Å². The van der Waals surface area contributed by atoms with E-state index in [0.29, 0.717) is 5.56 Å². The lowest BCUT2D eigenvalue weighted by Crippen LogP contribution is -2.47. The third kappa shape index (κ3) is 6.16. The lowest BCUT2D eigenvalue weighted by molar-refractivity contribution is 0.102. The molecule has 1 amide bonds. The number of benzene rings is 3. The molecule has 1 fully saturated rings. The van der Waals surface area contributed by atoms with Gasteiger partial charge in [0.2, 0.25) is 0 Å². The second kappa shape index (κ2) is 11.8. The van der Waals surface area contributed by atoms with E-state index in [0.717, 1.165) is 55.3 Å². The van der Waals surface area contributed by atoms with Gasteiger partial charge in [-0.2, -0.15) is 0 Å². The summed E-state index contributed by atoms with van der Waals surface area (Å²) >= 11 is 1.63. The van der Waals surface area contributed by atoms with Crippen LogP contribution < -0.4 is 5.32 Å². The maximum Gasteiger partial charge on any atom is 0.256 e. The monoisotopic (exact) mass is 513 g/mol. The van der Waals surface area contributed by atoms with Gasteiger partial charge in [-0.15, -0.1) is 11.3 Å². The molecule has 1 aromatic heterocycles. The summed E-state index contributed by atoms with van der Waals surface area (Å²) in [6.45, 7) is 6.74. The zero-order valence-electron chi connectivity index (χ0n) is 21.1. The van der Waals surface area contributed by atoms with Crippen molar-refractivity contribution >= 4 is 22.2 Å². The van der Waals surface area contributed by atoms with Crippen molar-refractivity contribution in [2.24, 2.45) is 0 Å². The molecule has 0 radical (unpaired) electrons. The van der Waals surface area contributed by atoms with Crippen molar-refractivity contribution in [3.05, 3.63) is 124 Å². The smallest absolute Gasteiger partial charge is 0.256 e. The first-order chi connectivity index (χ1) is 18.1. The van der Waals surface area contributed by atoms with Gasteiger partial charge in [0.15, 0.2) is 0 Å². The number of piperazine rings is 1. The molecule has 190 valence electrons. The molecule has 3 aromatic carbocycles. The topological polar surface area (TPSA) is 35.6 Å². The molecule has 4 aromatic rings. The Morgan fingerprint density at radius 1 is 0.919 bits per heavy atom. The van der Waals surface area contributed by atoms with Crippen molar-refractivity contribution in [2.75, 3.05) is 31.5 Å². The number of nitrogens with one attached hydrogen (secondary N) is 1. The third-order valence-corrected chi connectivity index (χ3v) is 8.14. The predicted octanol–water partition coefficient (Wildman–Crippen LogP) is 6.61. The van der Waals surface area contributed by atoms with Crippen LogP contribution in [-0.4, -0.2) is 41.9 Å². The average Bonchev–Trinajstić information content (AvgIpc) is 3.34. The highest BCUT2D eigenvalue weighted by Crippen LogP contribution is 2.40. The van der Waals surface area contributed by atoms with Crippen LogP contribution in [0.25, 0.3) is 0 Å². The van der Waals surface area contributed by atoms with Crippen molar-refractivity contribution < 1.29 is 9.18 Å². The van der Waals surface area contributed by atoms with E-state index in [1.165, 1.54) is 22.6 Å². The van der Waals surface area contributed by atoms with Gasteiger partial charge in [-0.1, -0.05) is 67.6 Å². The van der Waals surface area contributed by atoms with E-state index in [4.69, 9.17) is 0 Å². The van der Waals surface area contributed by atoms with Crippen LogP contribution in [0.1, 0.15) is 44.9 Å². The molecule has 1 aliphatic heterocycles. The molecule has 5 rings (SSSR count). The van der Waals surface area contributed by atoms with Crippen LogP contribution in [0.15, 0.2) is 91.0 Å². The van der Waals surface area contributed by atoms with E-state index >= 15 is 0 Å². The maximum absolute atomic E-state index is 13.9. The van der Waals surface area contributed by atoms with Crippen LogP contribution in [0.4, 0.5) is 9.39 Å². The SMILES string of the molecule is CCc1cc([C@@H](c2ccc(F)cc2)N2CCN(Cc3ccccc3)CC2)c(NC(=O)c2ccccc2)s1. The van der Waals surface area contributed by atoms with Gasteiger partial charge in [0, 0.05) is 48.7 Å². The van der Waals surface area contributed by atoms with E-state index in [9.17, 15) is 9.18 Å². The molecular weight excluding hydrogens is 481 g/mol. The van der Waals surface area contributed by atoms with Crippen molar-refractivity contribution in [1.82, 2.24) is 9.80 Å². The zero-order chi connectivity index (χ0) is 25.6. The number of aryl methyl sites for hydroxylation is 1. The van der Waals surface area contributed by atoms with Gasteiger partial charge >= 0.3 is 0 Å². The van der Waals surface area contributed by atoms with E-state index < -0.39 is 0 Å². The molecule has 1 aliphatic rings. The summed E-state index contributed by atoms with van der Waals surface area (Å²) in [5.41, 5.74) is 4.07. The molecule has 0 aliphatic carbocycles. The Balaban J connectivity index is 1.42. The van der Waals surface area contributed by atoms with E-state index in [1.54, 1.807) is 11.3 Å². The summed E-state index contributed by atoms with van der Waals surface area (Å²) in [7, 11) is 0. The molecule has 1 saturated heterocycles. The minimum atomic E-state index is -0.243. The van der Waals surface area contributed by atoms with Gasteiger partial charge in [-0.25, -0.2) is 4.39 Å². The first-order valence-corrected chi connectivity index (χ1v) is 13.7. The van der Waals surface area contributed by atoms with Crippen molar-refractivity contribution in [3.63, 3.8) is 0 Å². The van der Waals surface area contributed by atoms with Gasteiger partial charge in [0.05, 0.1) is 6.04 Å². The van der Waals surface area contributed by atoms with Crippen LogP contribution >= 0.6 is 11.3 Å². The number of carbonyl (C=O) groups excluding carboxylic acids is 1. The van der Waals surface area contributed by atoms with Gasteiger partial charge in [0.25, 0.3) is 5.91 Å². The Morgan fingerprint density at radius 2 is 1.57 bits per heavy atom. The van der Waals surface area contributed by atoms with Gasteiger partial charge in [-0.05, 0) is 47.9 Å². The number of hydrogen-bond acceptors (Lipinski definition) is 4. The Morgan fingerprint density at radius 3 is 2.22 bits per heavy atom. The van der Waals surface area contributed by atoms with Crippen molar-refractivity contribution in [1.29, 1.82) is 0 Å². The maximum atomic E-state index is 13.9. The second-order valence-corrected chi connectivity index (χ2v) is 10.6. The molecule has 1 N–H and O–H groups in total. The number of amides is 1. The molecule has 0 bridgehead atoms. The fraction of sp³-hybridized carbons (Fsp3) is 0.258. The molecular formula is C31H32FN3OS. The van der Waals surface area contributed by atoms with Gasteiger partial charge in [-0.3, -0.25) is 14.6 Å². The minimum Gasteiger partial charge on any atom is -0.313 e. The van der Waals surface area contributed by atoms with E-state index in [2.05, 4.69) is 52.4 Å². The van der Waals surface area contributed by atoms with E-state index in [1.807, 2.05) is 48.5 Å². The molecule has 0 unspecified atom stereocenters. The summed E-state index contributed by atoms with van der Waals surface area (Å²) in [4.78, 5) is 19.3. The van der Waals surface area contributed by atoms with Crippen molar-refractivity contribution in [2.45, 2.75) is 25.9 Å². The zero-order valence-corrected chi connectivity index (χ0v) is 21.9. The van der Waals surface area contributed by atoms with Crippen LogP contribution in [0.3, 0.4) is 0 Å². The number of halogens is 1. The molecule has 2 heterocycles. The summed E-state index contributed by atoms with van der Waals surface area (Å²) in [5.74, 6) is -0.357. The Kier molecular flexibility index (Phi) is 8.09. The number of anilines is 1. The first kappa shape index (κ1) is 25.3. The lowest BCUT2D eigenvalue weighted by Gasteiger charge is -2.39. The molecule has 6 heteroatoms. The largest absolute Gasteiger partial charge is 0.313 e. The highest BCUT2D eigenvalue weighted by molar-refractivity contribution is 7.16.